The molecule has 1 amide bonds. The number of hydroxylamine groups is 1. The molecule has 0 aliphatic carbocycles. The summed E-state index contributed by atoms with van der Waals surface area (Å²) in [5.74, 6) is -2.57. The first-order valence-electron chi connectivity index (χ1n) is 1.96. The molecule has 0 heterocycles. The van der Waals surface area contributed by atoms with Crippen LogP contribution in [-0.4, -0.2) is 22.2 Å². The van der Waals surface area contributed by atoms with Crippen molar-refractivity contribution < 1.29 is 19.9 Å². The molecular weight excluding hydrogens is 126 g/mol. The van der Waals surface area contributed by atoms with Gasteiger partial charge in [0.15, 0.2) is 0 Å². The molecule has 0 spiro atoms. The number of carboxylic acid groups (broad SMARTS) is 1. The van der Waals surface area contributed by atoms with E-state index < -0.39 is 17.4 Å². The molecule has 0 rings (SSSR count). The zero-order valence-corrected chi connectivity index (χ0v) is 4.42. The third kappa shape index (κ3) is 1.92. The first kappa shape index (κ1) is 7.64. The lowest BCUT2D eigenvalue weighted by Gasteiger charge is -1.93. The third-order valence-electron chi connectivity index (χ3n) is 0.634. The van der Waals surface area contributed by atoms with Crippen LogP contribution in [-0.2, 0) is 9.59 Å². The van der Waals surface area contributed by atoms with Gasteiger partial charge in [-0.3, -0.25) is 10.0 Å². The largest absolute Gasteiger partial charge is 0.478 e. The molecule has 0 aliphatic heterocycles. The molecule has 0 saturated carbocycles. The van der Waals surface area contributed by atoms with Crippen LogP contribution in [0.5, 0.6) is 0 Å². The van der Waals surface area contributed by atoms with Gasteiger partial charge in [-0.05, 0) is 0 Å². The molecule has 0 radical (unpaired) electrons. The average molecular weight is 131 g/mol. The van der Waals surface area contributed by atoms with Crippen molar-refractivity contribution in [2.45, 2.75) is 0 Å². The first-order valence-corrected chi connectivity index (χ1v) is 1.96. The maximum atomic E-state index is 10.1. The number of carbonyl (C=O) groups is 2. The van der Waals surface area contributed by atoms with Gasteiger partial charge in [0.2, 0.25) is 0 Å². The Hall–Kier alpha value is -1.36. The second-order valence-electron chi connectivity index (χ2n) is 1.22. The lowest BCUT2D eigenvalue weighted by molar-refractivity contribution is -0.136. The molecule has 0 saturated heterocycles. The first-order chi connectivity index (χ1) is 4.09. The molecule has 5 heteroatoms. The Kier molecular flexibility index (Phi) is 2.40. The van der Waals surface area contributed by atoms with E-state index in [1.165, 1.54) is 0 Å². The van der Waals surface area contributed by atoms with Gasteiger partial charge in [-0.1, -0.05) is 6.58 Å². The summed E-state index contributed by atoms with van der Waals surface area (Å²) in [5, 5.41) is 15.8. The molecule has 0 aromatic rings. The summed E-state index contributed by atoms with van der Waals surface area (Å²) in [4.78, 5) is 19.9. The molecule has 0 atom stereocenters. The highest BCUT2D eigenvalue weighted by Crippen LogP contribution is 1.86. The highest BCUT2D eigenvalue weighted by Gasteiger charge is 2.11. The summed E-state index contributed by atoms with van der Waals surface area (Å²) < 4.78 is 0. The Bertz CT molecular complexity index is 162. The molecule has 0 aromatic carbocycles. The predicted octanol–water partition coefficient (Wildman–Crippen LogP) is -0.867. The normalized spacial score (nSPS) is 8.11. The van der Waals surface area contributed by atoms with Crippen LogP contribution in [0.15, 0.2) is 12.2 Å². The van der Waals surface area contributed by atoms with E-state index in [0.717, 1.165) is 5.48 Å². The topological polar surface area (TPSA) is 86.6 Å². The van der Waals surface area contributed by atoms with Crippen LogP contribution in [0.2, 0.25) is 0 Å². The van der Waals surface area contributed by atoms with E-state index in [1.807, 2.05) is 0 Å². The van der Waals surface area contributed by atoms with Gasteiger partial charge in [-0.15, -0.1) is 0 Å². The van der Waals surface area contributed by atoms with E-state index in [0.29, 0.717) is 0 Å². The van der Waals surface area contributed by atoms with Crippen LogP contribution in [0.25, 0.3) is 0 Å². The van der Waals surface area contributed by atoms with Crippen LogP contribution in [0, 0.1) is 0 Å². The van der Waals surface area contributed by atoms with Crippen molar-refractivity contribution in [1.82, 2.24) is 5.48 Å². The van der Waals surface area contributed by atoms with Gasteiger partial charge in [0.1, 0.15) is 5.57 Å². The van der Waals surface area contributed by atoms with Gasteiger partial charge in [-0.2, -0.15) is 0 Å². The SMILES string of the molecule is C=C(C(=O)O)C(=O)NO. The molecule has 0 aliphatic rings. The second-order valence-corrected chi connectivity index (χ2v) is 1.22. The third-order valence-corrected chi connectivity index (χ3v) is 0.634. The quantitative estimate of drug-likeness (QED) is 0.149. The van der Waals surface area contributed by atoms with E-state index in [4.69, 9.17) is 10.3 Å². The van der Waals surface area contributed by atoms with E-state index in [9.17, 15) is 9.59 Å². The molecule has 3 N–H and O–H groups in total. The summed E-state index contributed by atoms with van der Waals surface area (Å²) in [6.07, 6.45) is 0. The Morgan fingerprint density at radius 3 is 2.00 bits per heavy atom. The van der Waals surface area contributed by atoms with Crippen molar-refractivity contribution in [3.05, 3.63) is 12.2 Å². The number of nitrogens with one attached hydrogen (secondary N) is 1. The standard InChI is InChI=1S/C4H5NO4/c1-2(4(7)8)3(6)5-9/h9H,1H2,(H,5,6)(H,7,8). The molecule has 0 fully saturated rings. The number of hydrogen-bond acceptors (Lipinski definition) is 3. The fraction of sp³-hybridized carbons (Fsp3) is 0. The number of hydrogen-bond donors (Lipinski definition) is 3. The molecule has 0 bridgehead atoms. The number of rotatable bonds is 2. The minimum atomic E-state index is -1.46. The van der Waals surface area contributed by atoms with Crippen LogP contribution in [0.1, 0.15) is 0 Å². The zero-order valence-electron chi connectivity index (χ0n) is 4.42. The van der Waals surface area contributed by atoms with Crippen LogP contribution in [0.3, 0.4) is 0 Å². The van der Waals surface area contributed by atoms with Crippen molar-refractivity contribution in [2.75, 3.05) is 0 Å². The summed E-state index contributed by atoms with van der Waals surface area (Å²) in [6.45, 7) is 2.85. The van der Waals surface area contributed by atoms with Crippen LogP contribution in [0.4, 0.5) is 0 Å². The van der Waals surface area contributed by atoms with Gasteiger partial charge in [0.05, 0.1) is 0 Å². The minimum Gasteiger partial charge on any atom is -0.478 e. The zero-order chi connectivity index (χ0) is 7.44. The number of carboxylic acids is 1. The van der Waals surface area contributed by atoms with E-state index >= 15 is 0 Å². The number of aliphatic carboxylic acids is 1. The fourth-order valence-corrected chi connectivity index (χ4v) is 0.165. The summed E-state index contributed by atoms with van der Waals surface area (Å²) >= 11 is 0. The van der Waals surface area contributed by atoms with Crippen molar-refractivity contribution in [3.8, 4) is 0 Å². The van der Waals surface area contributed by atoms with Gasteiger partial charge in [-0.25, -0.2) is 10.3 Å². The molecule has 0 unspecified atom stereocenters. The van der Waals surface area contributed by atoms with Crippen molar-refractivity contribution in [2.24, 2.45) is 0 Å². The lowest BCUT2D eigenvalue weighted by Crippen LogP contribution is -2.24. The molecule has 0 aromatic heterocycles. The highest BCUT2D eigenvalue weighted by molar-refractivity contribution is 6.14. The van der Waals surface area contributed by atoms with Gasteiger partial charge < -0.3 is 5.11 Å². The Labute approximate surface area is 50.6 Å². The summed E-state index contributed by atoms with van der Waals surface area (Å²) in [7, 11) is 0. The van der Waals surface area contributed by atoms with Crippen LogP contribution < -0.4 is 5.48 Å². The number of amides is 1. The molecule has 50 valence electrons. The lowest BCUT2D eigenvalue weighted by atomic mass is 10.3. The minimum absolute atomic E-state index is 0.697. The number of carbonyl (C=O) groups excluding carboxylic acids is 1. The Morgan fingerprint density at radius 1 is 1.44 bits per heavy atom. The molecule has 5 nitrogen and oxygen atoms in total. The van der Waals surface area contributed by atoms with Crippen molar-refractivity contribution >= 4 is 11.9 Å². The Balaban J connectivity index is 4.05. The maximum Gasteiger partial charge on any atom is 0.340 e. The van der Waals surface area contributed by atoms with Gasteiger partial charge >= 0.3 is 5.97 Å². The van der Waals surface area contributed by atoms with E-state index in [2.05, 4.69) is 6.58 Å². The van der Waals surface area contributed by atoms with Crippen molar-refractivity contribution in [1.29, 1.82) is 0 Å². The smallest absolute Gasteiger partial charge is 0.340 e. The van der Waals surface area contributed by atoms with E-state index in [-0.39, 0.29) is 0 Å². The molecule has 9 heavy (non-hydrogen) atoms. The van der Waals surface area contributed by atoms with E-state index in [1.54, 1.807) is 0 Å². The average Bonchev–Trinajstić information content (AvgIpc) is 1.84. The predicted molar refractivity (Wildman–Crippen MR) is 26.7 cm³/mol. The Morgan fingerprint density at radius 2 is 1.89 bits per heavy atom. The fourth-order valence-electron chi connectivity index (χ4n) is 0.165. The summed E-state index contributed by atoms with van der Waals surface area (Å²) in [5.41, 5.74) is 0.430. The maximum absolute atomic E-state index is 10.1. The van der Waals surface area contributed by atoms with Gasteiger partial charge in [0, 0.05) is 0 Å². The second kappa shape index (κ2) is 2.83. The summed E-state index contributed by atoms with van der Waals surface area (Å²) in [6, 6.07) is 0. The monoisotopic (exact) mass is 131 g/mol. The highest BCUT2D eigenvalue weighted by atomic mass is 16.5. The van der Waals surface area contributed by atoms with Crippen molar-refractivity contribution in [3.63, 3.8) is 0 Å². The van der Waals surface area contributed by atoms with Crippen LogP contribution >= 0.6 is 0 Å². The molecular formula is C4H5NO4. The van der Waals surface area contributed by atoms with Gasteiger partial charge in [0.25, 0.3) is 5.91 Å².